The number of ether oxygens (including phenoxy) is 1. The zero-order chi connectivity index (χ0) is 13.7. The number of hydrogen-bond donors (Lipinski definition) is 2. The first kappa shape index (κ1) is 13.1. The van der Waals surface area contributed by atoms with Gasteiger partial charge in [-0.25, -0.2) is 0 Å². The van der Waals surface area contributed by atoms with E-state index in [1.54, 1.807) is 37.4 Å². The van der Waals surface area contributed by atoms with Gasteiger partial charge < -0.3 is 15.2 Å². The summed E-state index contributed by atoms with van der Waals surface area (Å²) < 4.78 is 5.01. The number of carbonyl (C=O) groups excluding carboxylic acids is 1. The summed E-state index contributed by atoms with van der Waals surface area (Å²) in [5, 5.41) is 12.0. The Morgan fingerprint density at radius 2 is 1.95 bits per heavy atom. The molecule has 0 saturated carbocycles. The molecule has 0 heterocycles. The molecule has 1 amide bonds. The van der Waals surface area contributed by atoms with Gasteiger partial charge in [0.1, 0.15) is 5.75 Å². The fraction of sp³-hybridized carbons (Fsp3) is 0.133. The van der Waals surface area contributed by atoms with Crippen LogP contribution in [-0.4, -0.2) is 18.1 Å². The number of benzene rings is 2. The van der Waals surface area contributed by atoms with Gasteiger partial charge in [-0.05, 0) is 29.8 Å². The van der Waals surface area contributed by atoms with E-state index in [4.69, 9.17) is 4.74 Å². The van der Waals surface area contributed by atoms with Crippen LogP contribution in [0.15, 0.2) is 48.5 Å². The summed E-state index contributed by atoms with van der Waals surface area (Å²) in [6.07, 6.45) is 0. The number of hydrogen-bond acceptors (Lipinski definition) is 3. The molecule has 0 aliphatic rings. The van der Waals surface area contributed by atoms with E-state index in [2.05, 4.69) is 5.32 Å². The number of amides is 1. The number of aromatic hydroxyl groups is 1. The van der Waals surface area contributed by atoms with Gasteiger partial charge in [0.2, 0.25) is 0 Å². The largest absolute Gasteiger partial charge is 0.508 e. The normalized spacial score (nSPS) is 10.2. The molecule has 19 heavy (non-hydrogen) atoms. The molecule has 0 aliphatic heterocycles. The molecule has 0 fully saturated rings. The van der Waals surface area contributed by atoms with Crippen molar-refractivity contribution in [3.63, 3.8) is 0 Å². The first-order valence-corrected chi connectivity index (χ1v) is 5.87. The summed E-state index contributed by atoms with van der Waals surface area (Å²) in [5.74, 6) is -0.0946. The summed E-state index contributed by atoms with van der Waals surface area (Å²) in [6.45, 7) is 0.522. The number of phenolic OH excluding ortho intramolecular Hbond substituents is 1. The Balaban J connectivity index is 2.07. The Hall–Kier alpha value is -2.33. The van der Waals surface area contributed by atoms with E-state index >= 15 is 0 Å². The van der Waals surface area contributed by atoms with Crippen LogP contribution < -0.4 is 5.32 Å². The molecule has 0 aromatic heterocycles. The third-order valence-corrected chi connectivity index (χ3v) is 2.63. The fourth-order valence-corrected chi connectivity index (χ4v) is 1.71. The van der Waals surface area contributed by atoms with Gasteiger partial charge in [-0.2, -0.15) is 0 Å². The van der Waals surface area contributed by atoms with Crippen LogP contribution in [0.3, 0.4) is 0 Å². The number of anilines is 1. The van der Waals surface area contributed by atoms with Crippen LogP contribution in [0, 0.1) is 0 Å². The predicted octanol–water partition coefficient (Wildman–Crippen LogP) is 2.79. The molecule has 0 radical (unpaired) electrons. The van der Waals surface area contributed by atoms with E-state index in [0.29, 0.717) is 17.9 Å². The average Bonchev–Trinajstić information content (AvgIpc) is 2.40. The molecule has 0 atom stereocenters. The van der Waals surface area contributed by atoms with Crippen molar-refractivity contribution in [2.24, 2.45) is 0 Å². The van der Waals surface area contributed by atoms with Gasteiger partial charge in [-0.1, -0.05) is 18.2 Å². The van der Waals surface area contributed by atoms with Crippen molar-refractivity contribution in [1.29, 1.82) is 0 Å². The number of carbonyl (C=O) groups is 1. The molecule has 0 aliphatic carbocycles. The minimum absolute atomic E-state index is 0.119. The SMILES string of the molecule is COCc1ccc(C(=O)Nc2cccc(O)c2)cc1. The Kier molecular flexibility index (Phi) is 4.15. The molecular weight excluding hydrogens is 242 g/mol. The molecule has 0 saturated heterocycles. The molecule has 2 aromatic carbocycles. The number of phenols is 1. The lowest BCUT2D eigenvalue weighted by molar-refractivity contribution is 0.102. The summed E-state index contributed by atoms with van der Waals surface area (Å²) in [6, 6.07) is 13.6. The van der Waals surface area contributed by atoms with Crippen molar-refractivity contribution < 1.29 is 14.6 Å². The highest BCUT2D eigenvalue weighted by Gasteiger charge is 2.06. The second-order valence-corrected chi connectivity index (χ2v) is 4.13. The summed E-state index contributed by atoms with van der Waals surface area (Å²) >= 11 is 0. The second-order valence-electron chi connectivity index (χ2n) is 4.13. The molecule has 0 unspecified atom stereocenters. The quantitative estimate of drug-likeness (QED) is 0.885. The molecule has 2 aromatic rings. The van der Waals surface area contributed by atoms with Crippen molar-refractivity contribution in [2.45, 2.75) is 6.61 Å². The van der Waals surface area contributed by atoms with E-state index in [0.717, 1.165) is 5.56 Å². The zero-order valence-electron chi connectivity index (χ0n) is 10.6. The standard InChI is InChI=1S/C15H15NO3/c1-19-10-11-5-7-12(8-6-11)15(18)16-13-3-2-4-14(17)9-13/h2-9,17H,10H2,1H3,(H,16,18). The van der Waals surface area contributed by atoms with Crippen LogP contribution in [0.5, 0.6) is 5.75 Å². The molecule has 4 heteroatoms. The summed E-state index contributed by atoms with van der Waals surface area (Å²) in [7, 11) is 1.63. The molecule has 98 valence electrons. The van der Waals surface area contributed by atoms with Gasteiger partial charge in [-0.15, -0.1) is 0 Å². The van der Waals surface area contributed by atoms with Gasteiger partial charge in [-0.3, -0.25) is 4.79 Å². The highest BCUT2D eigenvalue weighted by molar-refractivity contribution is 6.04. The molecule has 4 nitrogen and oxygen atoms in total. The minimum Gasteiger partial charge on any atom is -0.508 e. The lowest BCUT2D eigenvalue weighted by Crippen LogP contribution is -2.11. The number of nitrogens with one attached hydrogen (secondary N) is 1. The van der Waals surface area contributed by atoms with Crippen LogP contribution in [0.1, 0.15) is 15.9 Å². The first-order valence-electron chi connectivity index (χ1n) is 5.87. The van der Waals surface area contributed by atoms with Crippen molar-refractivity contribution in [3.8, 4) is 5.75 Å². The zero-order valence-corrected chi connectivity index (χ0v) is 10.6. The molecule has 0 spiro atoms. The molecule has 0 bridgehead atoms. The smallest absolute Gasteiger partial charge is 0.255 e. The van der Waals surface area contributed by atoms with Crippen LogP contribution in [-0.2, 0) is 11.3 Å². The molecule has 2 N–H and O–H groups in total. The lowest BCUT2D eigenvalue weighted by atomic mass is 10.1. The molecule has 2 rings (SSSR count). The van der Waals surface area contributed by atoms with Crippen LogP contribution in [0.25, 0.3) is 0 Å². The highest BCUT2D eigenvalue weighted by atomic mass is 16.5. The van der Waals surface area contributed by atoms with E-state index in [9.17, 15) is 9.90 Å². The maximum atomic E-state index is 12.0. The van der Waals surface area contributed by atoms with Gasteiger partial charge >= 0.3 is 0 Å². The maximum absolute atomic E-state index is 12.0. The number of rotatable bonds is 4. The van der Waals surface area contributed by atoms with E-state index in [-0.39, 0.29) is 11.7 Å². The van der Waals surface area contributed by atoms with Gasteiger partial charge in [0, 0.05) is 24.4 Å². The van der Waals surface area contributed by atoms with Crippen molar-refractivity contribution in [1.82, 2.24) is 0 Å². The van der Waals surface area contributed by atoms with E-state index in [1.807, 2.05) is 12.1 Å². The topological polar surface area (TPSA) is 58.6 Å². The fourth-order valence-electron chi connectivity index (χ4n) is 1.71. The summed E-state index contributed by atoms with van der Waals surface area (Å²) in [5.41, 5.74) is 2.13. The first-order chi connectivity index (χ1) is 9.19. The Labute approximate surface area is 111 Å². The van der Waals surface area contributed by atoms with Crippen molar-refractivity contribution >= 4 is 11.6 Å². The second kappa shape index (κ2) is 6.02. The van der Waals surface area contributed by atoms with Crippen molar-refractivity contribution in [2.75, 3.05) is 12.4 Å². The van der Waals surface area contributed by atoms with Crippen LogP contribution >= 0.6 is 0 Å². The average molecular weight is 257 g/mol. The Morgan fingerprint density at radius 1 is 1.21 bits per heavy atom. The third kappa shape index (κ3) is 3.56. The van der Waals surface area contributed by atoms with Gasteiger partial charge in [0.25, 0.3) is 5.91 Å². The number of methoxy groups -OCH3 is 1. The minimum atomic E-state index is -0.213. The lowest BCUT2D eigenvalue weighted by Gasteiger charge is -2.06. The van der Waals surface area contributed by atoms with Crippen LogP contribution in [0.4, 0.5) is 5.69 Å². The van der Waals surface area contributed by atoms with Gasteiger partial charge in [0.15, 0.2) is 0 Å². The predicted molar refractivity (Wildman–Crippen MR) is 73.2 cm³/mol. The highest BCUT2D eigenvalue weighted by Crippen LogP contribution is 2.16. The van der Waals surface area contributed by atoms with Gasteiger partial charge in [0.05, 0.1) is 6.61 Å². The monoisotopic (exact) mass is 257 g/mol. The van der Waals surface area contributed by atoms with Crippen molar-refractivity contribution in [3.05, 3.63) is 59.7 Å². The molecular formula is C15H15NO3. The Morgan fingerprint density at radius 3 is 2.58 bits per heavy atom. The maximum Gasteiger partial charge on any atom is 0.255 e. The Bertz CT molecular complexity index is 564. The van der Waals surface area contributed by atoms with Crippen LogP contribution in [0.2, 0.25) is 0 Å². The summed E-state index contributed by atoms with van der Waals surface area (Å²) in [4.78, 5) is 12.0. The van der Waals surface area contributed by atoms with E-state index in [1.165, 1.54) is 6.07 Å². The third-order valence-electron chi connectivity index (χ3n) is 2.63. The van der Waals surface area contributed by atoms with E-state index < -0.39 is 0 Å².